The summed E-state index contributed by atoms with van der Waals surface area (Å²) in [7, 11) is 0. The second kappa shape index (κ2) is 15.7. The van der Waals surface area contributed by atoms with Crippen LogP contribution in [0.25, 0.3) is 11.4 Å². The molecule has 2 rings (SSSR count). The number of unbranched alkanes of at least 4 members (excludes halogenated alkanes) is 10. The molecule has 0 aliphatic heterocycles. The molecule has 0 N–H and O–H groups in total. The Bertz CT molecular complexity index is 596. The first kappa shape index (κ1) is 24.2. The molecule has 1 heterocycles. The maximum atomic E-state index is 5.84. The van der Waals surface area contributed by atoms with Gasteiger partial charge in [0, 0.05) is 5.56 Å². The predicted molar refractivity (Wildman–Crippen MR) is 125 cm³/mol. The van der Waals surface area contributed by atoms with Gasteiger partial charge in [-0.05, 0) is 37.1 Å². The van der Waals surface area contributed by atoms with Gasteiger partial charge in [0.05, 0.1) is 25.6 Å². The number of benzene rings is 1. The third-order valence-electron chi connectivity index (χ3n) is 5.17. The Morgan fingerprint density at radius 1 is 0.667 bits per heavy atom. The lowest BCUT2D eigenvalue weighted by atomic mass is 10.1. The van der Waals surface area contributed by atoms with Gasteiger partial charge < -0.3 is 9.47 Å². The van der Waals surface area contributed by atoms with Gasteiger partial charge in [-0.1, -0.05) is 78.1 Å². The van der Waals surface area contributed by atoms with Crippen molar-refractivity contribution in [2.75, 3.05) is 13.2 Å². The van der Waals surface area contributed by atoms with Crippen LogP contribution >= 0.6 is 0 Å². The largest absolute Gasteiger partial charge is 0.494 e. The van der Waals surface area contributed by atoms with Crippen molar-refractivity contribution in [1.29, 1.82) is 0 Å². The summed E-state index contributed by atoms with van der Waals surface area (Å²) in [6.45, 7) is 7.62. The SMILES string of the molecule is [CH2]CCCCCCCOc1ccc(-c2ncc(OCCCCCCCC)cn2)cc1. The van der Waals surface area contributed by atoms with E-state index in [0.717, 1.165) is 49.5 Å². The molecule has 30 heavy (non-hydrogen) atoms. The Labute approximate surface area is 183 Å². The Hall–Kier alpha value is -2.10. The number of aromatic nitrogens is 2. The molecule has 1 aromatic carbocycles. The van der Waals surface area contributed by atoms with E-state index >= 15 is 0 Å². The lowest BCUT2D eigenvalue weighted by molar-refractivity contribution is 0.302. The monoisotopic (exact) mass is 411 g/mol. The van der Waals surface area contributed by atoms with Gasteiger partial charge in [0.15, 0.2) is 11.6 Å². The summed E-state index contributed by atoms with van der Waals surface area (Å²) in [5.74, 6) is 2.34. The fourth-order valence-corrected chi connectivity index (χ4v) is 3.31. The summed E-state index contributed by atoms with van der Waals surface area (Å²) in [6, 6.07) is 8.00. The summed E-state index contributed by atoms with van der Waals surface area (Å²) >= 11 is 0. The summed E-state index contributed by atoms with van der Waals surface area (Å²) < 4.78 is 11.6. The zero-order valence-corrected chi connectivity index (χ0v) is 18.8. The molecule has 4 heteroatoms. The van der Waals surface area contributed by atoms with Crippen molar-refractivity contribution < 1.29 is 9.47 Å². The van der Waals surface area contributed by atoms with Crippen LogP contribution in [0.1, 0.15) is 84.0 Å². The standard InChI is InChI=1S/C26H39N2O2/c1-3-5-7-9-11-13-19-29-24-17-15-23(16-18-24)26-27-21-25(22-28-26)30-20-14-12-10-8-6-4-2/h15-18,21-22H,1,3-14,19-20H2,2H3. The summed E-state index contributed by atoms with van der Waals surface area (Å²) in [6.07, 6.45) is 18.2. The van der Waals surface area contributed by atoms with Gasteiger partial charge in [0.25, 0.3) is 0 Å². The summed E-state index contributed by atoms with van der Waals surface area (Å²) in [5, 5.41) is 0. The van der Waals surface area contributed by atoms with Crippen molar-refractivity contribution >= 4 is 0 Å². The van der Waals surface area contributed by atoms with Gasteiger partial charge >= 0.3 is 0 Å². The second-order valence-corrected chi connectivity index (χ2v) is 7.85. The average Bonchev–Trinajstić information content (AvgIpc) is 2.79. The molecule has 0 spiro atoms. The summed E-state index contributed by atoms with van der Waals surface area (Å²) in [5.41, 5.74) is 0.984. The Morgan fingerprint density at radius 2 is 1.20 bits per heavy atom. The van der Waals surface area contributed by atoms with E-state index in [9.17, 15) is 0 Å². The minimum Gasteiger partial charge on any atom is -0.494 e. The van der Waals surface area contributed by atoms with E-state index in [1.165, 1.54) is 57.8 Å². The van der Waals surface area contributed by atoms with E-state index in [1.807, 2.05) is 24.3 Å². The minimum atomic E-state index is 0.707. The van der Waals surface area contributed by atoms with Crippen LogP contribution in [0.3, 0.4) is 0 Å². The molecule has 0 amide bonds. The summed E-state index contributed by atoms with van der Waals surface area (Å²) in [4.78, 5) is 8.90. The van der Waals surface area contributed by atoms with Crippen LogP contribution in [0.15, 0.2) is 36.7 Å². The number of hydrogen-bond acceptors (Lipinski definition) is 4. The highest BCUT2D eigenvalue weighted by Crippen LogP contribution is 2.21. The number of hydrogen-bond donors (Lipinski definition) is 0. The maximum absolute atomic E-state index is 5.84. The number of ether oxygens (including phenoxy) is 2. The topological polar surface area (TPSA) is 44.2 Å². The number of nitrogens with zero attached hydrogens (tertiary/aromatic N) is 2. The smallest absolute Gasteiger partial charge is 0.159 e. The quantitative estimate of drug-likeness (QED) is 0.254. The maximum Gasteiger partial charge on any atom is 0.159 e. The van der Waals surface area contributed by atoms with Crippen LogP contribution in [-0.4, -0.2) is 23.2 Å². The predicted octanol–water partition coefficient (Wildman–Crippen LogP) is 7.44. The van der Waals surface area contributed by atoms with E-state index in [1.54, 1.807) is 12.4 Å². The zero-order chi connectivity index (χ0) is 21.3. The van der Waals surface area contributed by atoms with Crippen LogP contribution in [0.2, 0.25) is 0 Å². The van der Waals surface area contributed by atoms with E-state index in [0.29, 0.717) is 5.82 Å². The Kier molecular flexibility index (Phi) is 12.7. The van der Waals surface area contributed by atoms with E-state index < -0.39 is 0 Å². The van der Waals surface area contributed by atoms with Gasteiger partial charge in [-0.15, -0.1) is 0 Å². The molecule has 1 radical (unpaired) electrons. The first-order valence-corrected chi connectivity index (χ1v) is 11.8. The fraction of sp³-hybridized carbons (Fsp3) is 0.577. The lowest BCUT2D eigenvalue weighted by Gasteiger charge is -2.08. The van der Waals surface area contributed by atoms with Gasteiger partial charge in [-0.25, -0.2) is 9.97 Å². The van der Waals surface area contributed by atoms with Crippen molar-refractivity contribution in [3.8, 4) is 22.9 Å². The van der Waals surface area contributed by atoms with Crippen LogP contribution < -0.4 is 9.47 Å². The highest BCUT2D eigenvalue weighted by atomic mass is 16.5. The van der Waals surface area contributed by atoms with Gasteiger partial charge in [-0.3, -0.25) is 0 Å². The third-order valence-corrected chi connectivity index (χ3v) is 5.17. The lowest BCUT2D eigenvalue weighted by Crippen LogP contribution is -1.99. The van der Waals surface area contributed by atoms with Crippen LogP contribution in [0, 0.1) is 6.92 Å². The molecule has 0 atom stereocenters. The third kappa shape index (κ3) is 10.1. The average molecular weight is 412 g/mol. The zero-order valence-electron chi connectivity index (χ0n) is 18.8. The van der Waals surface area contributed by atoms with E-state index in [2.05, 4.69) is 23.8 Å². The molecule has 1 aromatic heterocycles. The van der Waals surface area contributed by atoms with Crippen molar-refractivity contribution in [3.63, 3.8) is 0 Å². The molecule has 2 aromatic rings. The van der Waals surface area contributed by atoms with Crippen molar-refractivity contribution in [1.82, 2.24) is 9.97 Å². The van der Waals surface area contributed by atoms with Crippen LogP contribution in [0.5, 0.6) is 11.5 Å². The highest BCUT2D eigenvalue weighted by Gasteiger charge is 2.03. The first-order valence-electron chi connectivity index (χ1n) is 11.8. The van der Waals surface area contributed by atoms with Crippen LogP contribution in [0.4, 0.5) is 0 Å². The molecule has 0 unspecified atom stereocenters. The molecule has 0 aliphatic carbocycles. The molecule has 4 nitrogen and oxygen atoms in total. The second-order valence-electron chi connectivity index (χ2n) is 7.85. The molecule has 0 fully saturated rings. The molecule has 0 aliphatic rings. The molecular weight excluding hydrogens is 372 g/mol. The molecule has 165 valence electrons. The molecular formula is C26H39N2O2. The minimum absolute atomic E-state index is 0.707. The van der Waals surface area contributed by atoms with E-state index in [-0.39, 0.29) is 0 Å². The Morgan fingerprint density at radius 3 is 1.80 bits per heavy atom. The van der Waals surface area contributed by atoms with Gasteiger partial charge in [-0.2, -0.15) is 0 Å². The molecule has 0 saturated heterocycles. The van der Waals surface area contributed by atoms with Gasteiger partial charge in [0.1, 0.15) is 5.75 Å². The van der Waals surface area contributed by atoms with Crippen LogP contribution in [-0.2, 0) is 0 Å². The molecule has 0 bridgehead atoms. The van der Waals surface area contributed by atoms with Crippen molar-refractivity contribution in [3.05, 3.63) is 43.6 Å². The Balaban J connectivity index is 1.65. The normalized spacial score (nSPS) is 10.9. The first-order chi connectivity index (χ1) is 14.8. The van der Waals surface area contributed by atoms with Crippen molar-refractivity contribution in [2.24, 2.45) is 0 Å². The fourth-order valence-electron chi connectivity index (χ4n) is 3.31. The highest BCUT2D eigenvalue weighted by molar-refractivity contribution is 5.56. The number of rotatable bonds is 17. The van der Waals surface area contributed by atoms with Crippen molar-refractivity contribution in [2.45, 2.75) is 84.0 Å². The van der Waals surface area contributed by atoms with Gasteiger partial charge in [0.2, 0.25) is 0 Å². The van der Waals surface area contributed by atoms with E-state index in [4.69, 9.17) is 9.47 Å². The molecule has 0 saturated carbocycles.